The van der Waals surface area contributed by atoms with Crippen LogP contribution in [0.2, 0.25) is 0 Å². The van der Waals surface area contributed by atoms with Crippen molar-refractivity contribution in [2.45, 2.75) is 32.4 Å². The van der Waals surface area contributed by atoms with Crippen molar-refractivity contribution in [2.24, 2.45) is 9.98 Å². The molecule has 36 heavy (non-hydrogen) atoms. The lowest BCUT2D eigenvalue weighted by Crippen LogP contribution is -2.56. The maximum absolute atomic E-state index is 15.0. The fraction of sp³-hybridized carbons (Fsp3) is 0.360. The monoisotopic (exact) mass is 501 g/mol. The van der Waals surface area contributed by atoms with Gasteiger partial charge in [-0.3, -0.25) is 9.78 Å². The third-order valence-corrected chi connectivity index (χ3v) is 5.74. The van der Waals surface area contributed by atoms with Gasteiger partial charge in [-0.25, -0.2) is 18.8 Å². The van der Waals surface area contributed by atoms with Crippen LogP contribution in [0.4, 0.5) is 14.5 Å². The predicted molar refractivity (Wildman–Crippen MR) is 133 cm³/mol. The van der Waals surface area contributed by atoms with Crippen molar-refractivity contribution >= 4 is 24.3 Å². The molecule has 1 aromatic heterocycles. The molecule has 2 N–H and O–H groups in total. The number of ether oxygens (including phenoxy) is 3. The molecule has 1 aliphatic rings. The van der Waals surface area contributed by atoms with E-state index in [4.69, 9.17) is 14.2 Å². The second kappa shape index (κ2) is 11.7. The van der Waals surface area contributed by atoms with E-state index in [0.717, 1.165) is 6.07 Å². The minimum atomic E-state index is -0.890. The summed E-state index contributed by atoms with van der Waals surface area (Å²) in [7, 11) is 2.56. The molecule has 0 bridgehead atoms. The molecule has 0 unspecified atom stereocenters. The van der Waals surface area contributed by atoms with E-state index >= 15 is 8.78 Å². The zero-order chi connectivity index (χ0) is 26.4. The summed E-state index contributed by atoms with van der Waals surface area (Å²) in [4.78, 5) is 24.7. The van der Waals surface area contributed by atoms with Gasteiger partial charge in [0, 0.05) is 12.7 Å². The number of benzene rings is 1. The lowest BCUT2D eigenvalue weighted by molar-refractivity contribution is -0.118. The van der Waals surface area contributed by atoms with Crippen LogP contribution in [0, 0.1) is 25.5 Å². The fourth-order valence-electron chi connectivity index (χ4n) is 3.91. The number of aryl methyl sites for hydroxylation is 2. The van der Waals surface area contributed by atoms with Crippen LogP contribution in [-0.4, -0.2) is 63.1 Å². The zero-order valence-electron chi connectivity index (χ0n) is 20.7. The molecule has 2 aromatic rings. The van der Waals surface area contributed by atoms with E-state index in [9.17, 15) is 4.79 Å². The van der Waals surface area contributed by atoms with Crippen molar-refractivity contribution in [1.29, 1.82) is 0 Å². The molecule has 11 heteroatoms. The Morgan fingerprint density at radius 2 is 1.83 bits per heavy atom. The fourth-order valence-corrected chi connectivity index (χ4v) is 3.91. The molecule has 192 valence electrons. The van der Waals surface area contributed by atoms with Gasteiger partial charge in [-0.15, -0.1) is 0 Å². The van der Waals surface area contributed by atoms with Crippen molar-refractivity contribution in [1.82, 2.24) is 15.6 Å². The quantitative estimate of drug-likeness (QED) is 0.342. The number of guanidine groups is 1. The van der Waals surface area contributed by atoms with E-state index in [2.05, 4.69) is 38.9 Å². The summed E-state index contributed by atoms with van der Waals surface area (Å²) in [5, 5.41) is 6.02. The summed E-state index contributed by atoms with van der Waals surface area (Å²) < 4.78 is 45.6. The lowest BCUT2D eigenvalue weighted by atomic mass is 10.0. The van der Waals surface area contributed by atoms with Gasteiger partial charge in [0.25, 0.3) is 0 Å². The average Bonchev–Trinajstić information content (AvgIpc) is 2.86. The third kappa shape index (κ3) is 5.68. The van der Waals surface area contributed by atoms with Crippen LogP contribution in [0.15, 0.2) is 34.8 Å². The summed E-state index contributed by atoms with van der Waals surface area (Å²) in [6.45, 7) is 11.3. The van der Waals surface area contributed by atoms with Gasteiger partial charge in [0.05, 0.1) is 55.5 Å². The second-order valence-corrected chi connectivity index (χ2v) is 8.07. The molecule has 3 rings (SSSR count). The molecule has 0 aliphatic carbocycles. The maximum Gasteiger partial charge on any atom is 0.243 e. The molecule has 9 nitrogen and oxygen atoms in total. The van der Waals surface area contributed by atoms with Crippen molar-refractivity contribution < 1.29 is 27.8 Å². The van der Waals surface area contributed by atoms with Crippen LogP contribution in [0.5, 0.6) is 11.5 Å². The Hall–Kier alpha value is -3.86. The Bertz CT molecular complexity index is 1150. The number of carbonyl (C=O) groups is 1. The Kier molecular flexibility index (Phi) is 8.70. The second-order valence-electron chi connectivity index (χ2n) is 8.07. The van der Waals surface area contributed by atoms with Gasteiger partial charge in [-0.2, -0.15) is 0 Å². The van der Waals surface area contributed by atoms with Gasteiger partial charge >= 0.3 is 0 Å². The largest absolute Gasteiger partial charge is 0.494 e. The van der Waals surface area contributed by atoms with Gasteiger partial charge in [0.2, 0.25) is 11.9 Å². The number of halogens is 2. The lowest BCUT2D eigenvalue weighted by Gasteiger charge is -2.32. The van der Waals surface area contributed by atoms with Crippen LogP contribution in [-0.2, 0) is 9.53 Å². The Labute approximate surface area is 208 Å². The Morgan fingerprint density at radius 3 is 2.39 bits per heavy atom. The number of aliphatic imine (C=N–C) groups is 2. The molecule has 0 radical (unpaired) electrons. The highest BCUT2D eigenvalue weighted by molar-refractivity contribution is 5.88. The summed E-state index contributed by atoms with van der Waals surface area (Å²) in [5.74, 6) is -2.23. The first kappa shape index (κ1) is 26.7. The average molecular weight is 502 g/mol. The maximum atomic E-state index is 15.0. The molecule has 2 atom stereocenters. The van der Waals surface area contributed by atoms with Gasteiger partial charge < -0.3 is 24.8 Å². The topological polar surface area (TPSA) is 106 Å². The number of aromatic nitrogens is 1. The molecule has 1 aliphatic heterocycles. The summed E-state index contributed by atoms with van der Waals surface area (Å²) in [6, 6.07) is 2.11. The van der Waals surface area contributed by atoms with Crippen LogP contribution in [0.1, 0.15) is 17.7 Å². The molecule has 1 saturated heterocycles. The van der Waals surface area contributed by atoms with E-state index in [1.54, 1.807) is 13.8 Å². The van der Waals surface area contributed by atoms with Gasteiger partial charge in [-0.05, 0) is 44.7 Å². The predicted octanol–water partition coefficient (Wildman–Crippen LogP) is 3.40. The first-order valence-electron chi connectivity index (χ1n) is 11.1. The molecule has 0 saturated carbocycles. The number of pyridine rings is 1. The number of amides is 1. The van der Waals surface area contributed by atoms with Gasteiger partial charge in [0.1, 0.15) is 0 Å². The molecule has 1 amide bonds. The number of nitrogens with one attached hydrogen (secondary N) is 2. The van der Waals surface area contributed by atoms with E-state index in [1.165, 1.54) is 26.4 Å². The van der Waals surface area contributed by atoms with E-state index in [1.807, 2.05) is 0 Å². The molecular weight excluding hydrogens is 472 g/mol. The van der Waals surface area contributed by atoms with Crippen LogP contribution in [0.3, 0.4) is 0 Å². The molecule has 2 heterocycles. The van der Waals surface area contributed by atoms with Crippen molar-refractivity contribution in [3.05, 3.63) is 47.7 Å². The van der Waals surface area contributed by atoms with Gasteiger partial charge in [0.15, 0.2) is 23.1 Å². The minimum Gasteiger partial charge on any atom is -0.494 e. The standard InChI is InChI=1S/C25H29F2N5O4/c1-7-20(33)30-15-8-9-36-12-17(15)31-25(28-4)32-24-13(2)10-16(29-14(24)3)21-22(26)18(34-5)11-19(35-6)23(21)27/h7,10-11,15,17H,1,4,8-9,12H2,2-3,5-6H3,(H,30,33)(H,31,32)/t15-,17+/m0/s1. The Balaban J connectivity index is 1.97. The molecule has 1 aromatic carbocycles. The highest BCUT2D eigenvalue weighted by Gasteiger charge is 2.28. The SMILES string of the molecule is C=CC(=O)N[C@H]1CCOC[C@H]1N/C(N=C)=N/c1c(C)cc(-c2c(F)c(OC)cc(OC)c2F)nc1C. The van der Waals surface area contributed by atoms with Crippen molar-refractivity contribution in [3.8, 4) is 22.8 Å². The highest BCUT2D eigenvalue weighted by Crippen LogP contribution is 2.38. The number of rotatable bonds is 7. The number of nitrogens with zero attached hydrogens (tertiary/aromatic N) is 3. The van der Waals surface area contributed by atoms with E-state index in [0.29, 0.717) is 36.6 Å². The number of hydrogen-bond donors (Lipinski definition) is 2. The molecule has 0 spiro atoms. The minimum absolute atomic E-state index is 0.0603. The van der Waals surface area contributed by atoms with Crippen LogP contribution >= 0.6 is 0 Å². The number of hydrogen-bond acceptors (Lipinski definition) is 6. The summed E-state index contributed by atoms with van der Waals surface area (Å²) in [5.41, 5.74) is 1.15. The smallest absolute Gasteiger partial charge is 0.243 e. The number of carbonyl (C=O) groups excluding carboxylic acids is 1. The van der Waals surface area contributed by atoms with Crippen LogP contribution in [0.25, 0.3) is 11.3 Å². The molecule has 1 fully saturated rings. The zero-order valence-corrected chi connectivity index (χ0v) is 20.7. The summed E-state index contributed by atoms with van der Waals surface area (Å²) >= 11 is 0. The first-order valence-corrected chi connectivity index (χ1v) is 11.1. The van der Waals surface area contributed by atoms with E-state index < -0.39 is 11.6 Å². The third-order valence-electron chi connectivity index (χ3n) is 5.74. The molecular formula is C25H29F2N5O4. The Morgan fingerprint density at radius 1 is 1.17 bits per heavy atom. The van der Waals surface area contributed by atoms with Gasteiger partial charge in [-0.1, -0.05) is 6.58 Å². The summed E-state index contributed by atoms with van der Waals surface area (Å²) in [6.07, 6.45) is 1.80. The van der Waals surface area contributed by atoms with E-state index in [-0.39, 0.29) is 46.7 Å². The highest BCUT2D eigenvalue weighted by atomic mass is 19.1. The van der Waals surface area contributed by atoms with Crippen LogP contribution < -0.4 is 20.1 Å². The van der Waals surface area contributed by atoms with Crippen molar-refractivity contribution in [2.75, 3.05) is 27.4 Å². The normalized spacial score (nSPS) is 17.8. The van der Waals surface area contributed by atoms with Crippen molar-refractivity contribution in [3.63, 3.8) is 0 Å². The first-order chi connectivity index (χ1) is 17.2. The number of methoxy groups -OCH3 is 2.